The average Bonchev–Trinajstić information content (AvgIpc) is 2.79. The Labute approximate surface area is 175 Å². The fourth-order valence-corrected chi connectivity index (χ4v) is 3.21. The van der Waals surface area contributed by atoms with Crippen molar-refractivity contribution in [3.05, 3.63) is 108 Å². The van der Waals surface area contributed by atoms with Crippen molar-refractivity contribution in [2.24, 2.45) is 4.99 Å². The number of anilines is 1. The van der Waals surface area contributed by atoms with Crippen LogP contribution in [-0.4, -0.2) is 15.9 Å². The van der Waals surface area contributed by atoms with Crippen LogP contribution in [0.5, 0.6) is 0 Å². The van der Waals surface area contributed by atoms with Crippen LogP contribution in [0.15, 0.2) is 102 Å². The van der Waals surface area contributed by atoms with Crippen LogP contribution in [0.2, 0.25) is 0 Å². The summed E-state index contributed by atoms with van der Waals surface area (Å²) in [5.41, 5.74) is 3.00. The van der Waals surface area contributed by atoms with Crippen molar-refractivity contribution in [3.63, 3.8) is 0 Å². The summed E-state index contributed by atoms with van der Waals surface area (Å²) in [4.78, 5) is 8.79. The smallest absolute Gasteiger partial charge is 0.195 e. The maximum atomic E-state index is 5.48. The quantitative estimate of drug-likeness (QED) is 0.284. The SMILES string of the molecule is S=C(/N=C(/Nc1cccc2ccccc12)c1ccccc1)NCc1cccnc1. The van der Waals surface area contributed by atoms with Gasteiger partial charge in [-0.15, -0.1) is 0 Å². The van der Waals surface area contributed by atoms with Crippen LogP contribution in [0.3, 0.4) is 0 Å². The number of amidine groups is 1. The van der Waals surface area contributed by atoms with Gasteiger partial charge < -0.3 is 10.6 Å². The van der Waals surface area contributed by atoms with Crippen molar-refractivity contribution in [1.82, 2.24) is 10.3 Å². The van der Waals surface area contributed by atoms with E-state index < -0.39 is 0 Å². The van der Waals surface area contributed by atoms with E-state index in [0.29, 0.717) is 17.5 Å². The predicted molar refractivity (Wildman–Crippen MR) is 124 cm³/mol. The summed E-state index contributed by atoms with van der Waals surface area (Å²) in [5, 5.41) is 9.38. The molecule has 0 aliphatic carbocycles. The summed E-state index contributed by atoms with van der Waals surface area (Å²) in [6.45, 7) is 0.576. The first-order valence-electron chi connectivity index (χ1n) is 9.35. The van der Waals surface area contributed by atoms with E-state index in [9.17, 15) is 0 Å². The number of aromatic nitrogens is 1. The fourth-order valence-electron chi connectivity index (χ4n) is 3.04. The predicted octanol–water partition coefficient (Wildman–Crippen LogP) is 5.17. The summed E-state index contributed by atoms with van der Waals surface area (Å²) < 4.78 is 0. The van der Waals surface area contributed by atoms with Gasteiger partial charge in [0.2, 0.25) is 0 Å². The van der Waals surface area contributed by atoms with Crippen LogP contribution in [0.4, 0.5) is 5.69 Å². The molecule has 5 heteroatoms. The van der Waals surface area contributed by atoms with Crippen molar-refractivity contribution < 1.29 is 0 Å². The zero-order valence-corrected chi connectivity index (χ0v) is 16.6. The van der Waals surface area contributed by atoms with Gasteiger partial charge in [-0.2, -0.15) is 0 Å². The standard InChI is InChI=1S/C24H20N4S/c29-24(26-17-18-8-7-15-25-16-18)28-23(20-10-2-1-3-11-20)27-22-14-6-12-19-9-4-5-13-21(19)22/h1-16H,17H2,(H2,26,27,28,29). The number of benzene rings is 3. The Morgan fingerprint density at radius 3 is 2.48 bits per heavy atom. The Balaban J connectivity index is 1.61. The molecule has 0 radical (unpaired) electrons. The number of fused-ring (bicyclic) bond motifs is 1. The highest BCUT2D eigenvalue weighted by molar-refractivity contribution is 7.80. The molecule has 4 aromatic rings. The van der Waals surface area contributed by atoms with Crippen LogP contribution in [0, 0.1) is 0 Å². The third kappa shape index (κ3) is 4.83. The number of nitrogens with one attached hydrogen (secondary N) is 2. The minimum Gasteiger partial charge on any atom is -0.357 e. The van der Waals surface area contributed by atoms with Crippen LogP contribution in [-0.2, 0) is 6.54 Å². The summed E-state index contributed by atoms with van der Waals surface area (Å²) in [6, 6.07) is 28.3. The molecule has 1 heterocycles. The first-order valence-corrected chi connectivity index (χ1v) is 9.76. The molecule has 0 atom stereocenters. The molecular formula is C24H20N4S. The third-order valence-corrected chi connectivity index (χ3v) is 4.71. The van der Waals surface area contributed by atoms with Crippen molar-refractivity contribution in [2.75, 3.05) is 5.32 Å². The van der Waals surface area contributed by atoms with Gasteiger partial charge >= 0.3 is 0 Å². The van der Waals surface area contributed by atoms with E-state index >= 15 is 0 Å². The van der Waals surface area contributed by atoms with Gasteiger partial charge in [0.15, 0.2) is 5.11 Å². The molecule has 0 aliphatic heterocycles. The van der Waals surface area contributed by atoms with Crippen LogP contribution in [0.25, 0.3) is 10.8 Å². The largest absolute Gasteiger partial charge is 0.357 e. The second-order valence-corrected chi connectivity index (χ2v) is 6.88. The molecule has 0 bridgehead atoms. The minimum absolute atomic E-state index is 0.417. The van der Waals surface area contributed by atoms with Crippen molar-refractivity contribution >= 4 is 39.6 Å². The summed E-state index contributed by atoms with van der Waals surface area (Å²) in [5.74, 6) is 0.700. The molecule has 0 saturated heterocycles. The highest BCUT2D eigenvalue weighted by Crippen LogP contribution is 2.23. The Kier molecular flexibility index (Phi) is 5.88. The lowest BCUT2D eigenvalue weighted by Gasteiger charge is -2.13. The lowest BCUT2D eigenvalue weighted by atomic mass is 10.1. The second-order valence-electron chi connectivity index (χ2n) is 6.50. The third-order valence-electron chi connectivity index (χ3n) is 4.47. The van der Waals surface area contributed by atoms with Gasteiger partial charge in [-0.05, 0) is 35.3 Å². The molecule has 0 aliphatic rings. The lowest BCUT2D eigenvalue weighted by Crippen LogP contribution is -2.23. The lowest BCUT2D eigenvalue weighted by molar-refractivity contribution is 0.911. The van der Waals surface area contributed by atoms with Crippen molar-refractivity contribution in [1.29, 1.82) is 0 Å². The minimum atomic E-state index is 0.417. The highest BCUT2D eigenvalue weighted by atomic mass is 32.1. The number of aliphatic imine (C=N–C) groups is 1. The summed E-state index contributed by atoms with van der Waals surface area (Å²) >= 11 is 5.48. The molecule has 0 spiro atoms. The van der Waals surface area contributed by atoms with E-state index in [-0.39, 0.29) is 0 Å². The number of rotatable bonds is 4. The normalized spacial score (nSPS) is 11.2. The zero-order valence-electron chi connectivity index (χ0n) is 15.7. The molecule has 4 rings (SSSR count). The van der Waals surface area contributed by atoms with E-state index in [1.807, 2.05) is 72.9 Å². The Hall–Kier alpha value is -3.57. The van der Waals surface area contributed by atoms with Gasteiger partial charge in [-0.3, -0.25) is 4.98 Å². The van der Waals surface area contributed by atoms with Gasteiger partial charge in [0.1, 0.15) is 5.84 Å². The molecule has 0 amide bonds. The first-order chi connectivity index (χ1) is 14.3. The van der Waals surface area contributed by atoms with Gasteiger partial charge in [-0.1, -0.05) is 72.8 Å². The van der Waals surface area contributed by atoms with E-state index in [0.717, 1.165) is 22.2 Å². The molecule has 1 aromatic heterocycles. The van der Waals surface area contributed by atoms with Gasteiger partial charge in [0.25, 0.3) is 0 Å². The molecule has 0 fully saturated rings. The average molecular weight is 397 g/mol. The number of nitrogens with zero attached hydrogens (tertiary/aromatic N) is 2. The molecule has 2 N–H and O–H groups in total. The van der Waals surface area contributed by atoms with Gasteiger partial charge in [0, 0.05) is 35.6 Å². The maximum absolute atomic E-state index is 5.48. The summed E-state index contributed by atoms with van der Waals surface area (Å²) in [6.07, 6.45) is 3.56. The number of hydrogen-bond donors (Lipinski definition) is 2. The molecular weight excluding hydrogens is 376 g/mol. The first kappa shape index (κ1) is 18.8. The molecule has 3 aromatic carbocycles. The van der Waals surface area contributed by atoms with E-state index in [1.54, 1.807) is 6.20 Å². The van der Waals surface area contributed by atoms with Crippen molar-refractivity contribution in [2.45, 2.75) is 6.54 Å². The molecule has 4 nitrogen and oxygen atoms in total. The van der Waals surface area contributed by atoms with Crippen LogP contribution >= 0.6 is 12.2 Å². The Morgan fingerprint density at radius 2 is 1.66 bits per heavy atom. The molecule has 0 unspecified atom stereocenters. The number of thiocarbonyl (C=S) groups is 1. The van der Waals surface area contributed by atoms with E-state index in [2.05, 4.69) is 38.8 Å². The number of pyridine rings is 1. The summed E-state index contributed by atoms with van der Waals surface area (Å²) in [7, 11) is 0. The van der Waals surface area contributed by atoms with Gasteiger partial charge in [-0.25, -0.2) is 4.99 Å². The Bertz CT molecular complexity index is 1140. The number of hydrogen-bond acceptors (Lipinski definition) is 2. The molecule has 29 heavy (non-hydrogen) atoms. The van der Waals surface area contributed by atoms with Crippen molar-refractivity contribution in [3.8, 4) is 0 Å². The Morgan fingerprint density at radius 1 is 0.862 bits per heavy atom. The van der Waals surface area contributed by atoms with Crippen LogP contribution < -0.4 is 10.6 Å². The van der Waals surface area contributed by atoms with Gasteiger partial charge in [0.05, 0.1) is 0 Å². The maximum Gasteiger partial charge on any atom is 0.195 e. The molecule has 0 saturated carbocycles. The highest BCUT2D eigenvalue weighted by Gasteiger charge is 2.08. The fraction of sp³-hybridized carbons (Fsp3) is 0.0417. The van der Waals surface area contributed by atoms with E-state index in [4.69, 9.17) is 12.2 Å². The second kappa shape index (κ2) is 9.08. The van der Waals surface area contributed by atoms with E-state index in [1.165, 1.54) is 5.39 Å². The van der Waals surface area contributed by atoms with Crippen LogP contribution in [0.1, 0.15) is 11.1 Å². The molecule has 142 valence electrons. The monoisotopic (exact) mass is 396 g/mol. The zero-order chi connectivity index (χ0) is 19.9. The topological polar surface area (TPSA) is 49.3 Å².